The van der Waals surface area contributed by atoms with Gasteiger partial charge in [-0.25, -0.2) is 9.37 Å². The van der Waals surface area contributed by atoms with Crippen molar-refractivity contribution in [3.63, 3.8) is 0 Å². The summed E-state index contributed by atoms with van der Waals surface area (Å²) in [5.74, 6) is -0.627. The molecule has 2 heterocycles. The van der Waals surface area contributed by atoms with Crippen LogP contribution in [0.4, 0.5) is 17.6 Å². The van der Waals surface area contributed by atoms with Crippen LogP contribution in [0.1, 0.15) is 48.0 Å². The van der Waals surface area contributed by atoms with Crippen molar-refractivity contribution in [2.24, 2.45) is 0 Å². The molecule has 0 radical (unpaired) electrons. The number of hydrogen-bond acceptors (Lipinski definition) is 3. The minimum Gasteiger partial charge on any atom is -0.310 e. The summed E-state index contributed by atoms with van der Waals surface area (Å²) in [6, 6.07) is 3.30. The van der Waals surface area contributed by atoms with Gasteiger partial charge in [-0.2, -0.15) is 13.2 Å². The predicted octanol–water partition coefficient (Wildman–Crippen LogP) is 3.61. The molecular weight excluding hydrogens is 350 g/mol. The van der Waals surface area contributed by atoms with E-state index in [1.165, 1.54) is 12.1 Å². The molecule has 0 saturated carbocycles. The highest BCUT2D eigenvalue weighted by Gasteiger charge is 2.35. The van der Waals surface area contributed by atoms with Gasteiger partial charge >= 0.3 is 6.18 Å². The first kappa shape index (κ1) is 18.6. The maximum atomic E-state index is 14.2. The third-order valence-electron chi connectivity index (χ3n) is 4.50. The molecular formula is C18H19F4N3O. The highest BCUT2D eigenvalue weighted by molar-refractivity contribution is 5.29. The number of rotatable bonds is 3. The normalized spacial score (nSPS) is 15.3. The minimum absolute atomic E-state index is 0.0165. The maximum absolute atomic E-state index is 14.2. The molecule has 8 heteroatoms. The zero-order chi connectivity index (χ0) is 19.1. The van der Waals surface area contributed by atoms with E-state index < -0.39 is 17.6 Å². The fourth-order valence-electron chi connectivity index (χ4n) is 3.08. The van der Waals surface area contributed by atoms with Gasteiger partial charge < -0.3 is 4.98 Å². The van der Waals surface area contributed by atoms with E-state index in [1.54, 1.807) is 4.90 Å². The standard InChI is InChI=1S/C18H19F4N3O/c1-10(2)16-23-14-9-25(7-6-12(14)17(26)24-16)8-11-4-3-5-13(15(11)19)18(20,21)22/h3-5,10H,6-9H2,1-2H3,(H,23,24,26). The van der Waals surface area contributed by atoms with Gasteiger partial charge in [-0.1, -0.05) is 26.0 Å². The summed E-state index contributed by atoms with van der Waals surface area (Å²) in [4.78, 5) is 21.2. The number of nitrogens with one attached hydrogen (secondary N) is 1. The molecule has 2 aromatic rings. The molecule has 1 aromatic heterocycles. The summed E-state index contributed by atoms with van der Waals surface area (Å²) in [6.45, 7) is 4.59. The Labute approximate surface area is 147 Å². The van der Waals surface area contributed by atoms with Crippen LogP contribution in [0, 0.1) is 5.82 Å². The van der Waals surface area contributed by atoms with Crippen LogP contribution in [0.25, 0.3) is 0 Å². The average Bonchev–Trinajstić information content (AvgIpc) is 2.55. The zero-order valence-electron chi connectivity index (χ0n) is 14.5. The van der Waals surface area contributed by atoms with Crippen LogP contribution in [0.3, 0.4) is 0 Å². The second-order valence-electron chi connectivity index (χ2n) is 6.77. The summed E-state index contributed by atoms with van der Waals surface area (Å²) >= 11 is 0. The molecule has 4 nitrogen and oxygen atoms in total. The van der Waals surface area contributed by atoms with Crippen molar-refractivity contribution < 1.29 is 17.6 Å². The Bertz CT molecular complexity index is 874. The van der Waals surface area contributed by atoms with Crippen LogP contribution < -0.4 is 5.56 Å². The van der Waals surface area contributed by atoms with Gasteiger partial charge in [0, 0.05) is 36.7 Å². The van der Waals surface area contributed by atoms with Gasteiger partial charge in [0.25, 0.3) is 5.56 Å². The zero-order valence-corrected chi connectivity index (χ0v) is 14.5. The molecule has 26 heavy (non-hydrogen) atoms. The number of H-pyrrole nitrogens is 1. The number of hydrogen-bond donors (Lipinski definition) is 1. The number of aromatic nitrogens is 2. The number of nitrogens with zero attached hydrogens (tertiary/aromatic N) is 2. The summed E-state index contributed by atoms with van der Waals surface area (Å²) in [7, 11) is 0. The number of fused-ring (bicyclic) bond motifs is 1. The number of aromatic amines is 1. The van der Waals surface area contributed by atoms with Crippen molar-refractivity contribution in [1.29, 1.82) is 0 Å². The third-order valence-corrected chi connectivity index (χ3v) is 4.50. The molecule has 0 saturated heterocycles. The van der Waals surface area contributed by atoms with E-state index >= 15 is 0 Å². The molecule has 1 aliphatic heterocycles. The van der Waals surface area contributed by atoms with Crippen LogP contribution in [0.5, 0.6) is 0 Å². The lowest BCUT2D eigenvalue weighted by molar-refractivity contribution is -0.140. The molecule has 0 amide bonds. The minimum atomic E-state index is -4.73. The number of benzene rings is 1. The summed E-state index contributed by atoms with van der Waals surface area (Å²) < 4.78 is 52.8. The van der Waals surface area contributed by atoms with Crippen LogP contribution in [-0.2, 0) is 25.7 Å². The Hall–Kier alpha value is -2.22. The molecule has 0 atom stereocenters. The Morgan fingerprint density at radius 3 is 2.69 bits per heavy atom. The molecule has 1 aromatic carbocycles. The molecule has 1 N–H and O–H groups in total. The van der Waals surface area contributed by atoms with Crippen LogP contribution in [0.2, 0.25) is 0 Å². The smallest absolute Gasteiger partial charge is 0.310 e. The van der Waals surface area contributed by atoms with Gasteiger partial charge in [0.15, 0.2) is 0 Å². The highest BCUT2D eigenvalue weighted by Crippen LogP contribution is 2.33. The van der Waals surface area contributed by atoms with Crippen LogP contribution in [0.15, 0.2) is 23.0 Å². The monoisotopic (exact) mass is 369 g/mol. The van der Waals surface area contributed by atoms with Gasteiger partial charge in [-0.05, 0) is 12.5 Å². The number of halogens is 4. The molecule has 0 spiro atoms. The van der Waals surface area contributed by atoms with Crippen molar-refractivity contribution in [3.05, 3.63) is 62.6 Å². The van der Waals surface area contributed by atoms with E-state index in [2.05, 4.69) is 9.97 Å². The van der Waals surface area contributed by atoms with Crippen molar-refractivity contribution in [2.75, 3.05) is 6.54 Å². The fourth-order valence-corrected chi connectivity index (χ4v) is 3.08. The van der Waals surface area contributed by atoms with Crippen LogP contribution >= 0.6 is 0 Å². The van der Waals surface area contributed by atoms with Gasteiger partial charge in [0.2, 0.25) is 0 Å². The fraction of sp³-hybridized carbons (Fsp3) is 0.444. The van der Waals surface area contributed by atoms with E-state index in [-0.39, 0.29) is 23.6 Å². The Morgan fingerprint density at radius 1 is 1.31 bits per heavy atom. The van der Waals surface area contributed by atoms with Crippen molar-refractivity contribution in [2.45, 2.75) is 45.5 Å². The molecule has 0 fully saturated rings. The molecule has 140 valence electrons. The second kappa shape index (κ2) is 6.83. The van der Waals surface area contributed by atoms with Crippen molar-refractivity contribution >= 4 is 0 Å². The van der Waals surface area contributed by atoms with Gasteiger partial charge in [-0.3, -0.25) is 9.69 Å². The first-order chi connectivity index (χ1) is 12.2. The average molecular weight is 369 g/mol. The molecule has 1 aliphatic rings. The lowest BCUT2D eigenvalue weighted by Gasteiger charge is -2.28. The van der Waals surface area contributed by atoms with Crippen molar-refractivity contribution in [1.82, 2.24) is 14.9 Å². The van der Waals surface area contributed by atoms with E-state index in [9.17, 15) is 22.4 Å². The molecule has 0 bridgehead atoms. The third kappa shape index (κ3) is 3.65. The first-order valence-electron chi connectivity index (χ1n) is 8.35. The maximum Gasteiger partial charge on any atom is 0.419 e. The van der Waals surface area contributed by atoms with Gasteiger partial charge in [0.1, 0.15) is 11.6 Å². The summed E-state index contributed by atoms with van der Waals surface area (Å²) in [5.41, 5.74) is -0.254. The largest absolute Gasteiger partial charge is 0.419 e. The molecule has 0 unspecified atom stereocenters. The Morgan fingerprint density at radius 2 is 2.04 bits per heavy atom. The summed E-state index contributed by atoms with van der Waals surface area (Å²) in [6.07, 6.45) is -4.30. The summed E-state index contributed by atoms with van der Waals surface area (Å²) in [5, 5.41) is 0. The topological polar surface area (TPSA) is 49.0 Å². The quantitative estimate of drug-likeness (QED) is 0.841. The van der Waals surface area contributed by atoms with E-state index in [0.29, 0.717) is 36.6 Å². The van der Waals surface area contributed by atoms with Crippen molar-refractivity contribution in [3.8, 4) is 0 Å². The SMILES string of the molecule is CC(C)c1nc2c(c(=O)[nH]1)CCN(Cc1cccc(C(F)(F)F)c1F)C2. The lowest BCUT2D eigenvalue weighted by atomic mass is 10.0. The second-order valence-corrected chi connectivity index (χ2v) is 6.77. The first-order valence-corrected chi connectivity index (χ1v) is 8.35. The van der Waals surface area contributed by atoms with E-state index in [4.69, 9.17) is 0 Å². The molecule has 0 aliphatic carbocycles. The lowest BCUT2D eigenvalue weighted by Crippen LogP contribution is -2.35. The highest BCUT2D eigenvalue weighted by atomic mass is 19.4. The predicted molar refractivity (Wildman–Crippen MR) is 88.2 cm³/mol. The van der Waals surface area contributed by atoms with Crippen LogP contribution in [-0.4, -0.2) is 21.4 Å². The van der Waals surface area contributed by atoms with Gasteiger partial charge in [-0.15, -0.1) is 0 Å². The van der Waals surface area contributed by atoms with E-state index in [1.807, 2.05) is 13.8 Å². The molecule has 3 rings (SSSR count). The van der Waals surface area contributed by atoms with Gasteiger partial charge in [0.05, 0.1) is 11.3 Å². The Balaban J connectivity index is 1.86. The Kier molecular flexibility index (Phi) is 4.88. The van der Waals surface area contributed by atoms with E-state index in [0.717, 1.165) is 6.07 Å². The number of alkyl halides is 3.